The predicted octanol–water partition coefficient (Wildman–Crippen LogP) is 2.08. The lowest BCUT2D eigenvalue weighted by molar-refractivity contribution is -0.384. The van der Waals surface area contributed by atoms with E-state index in [-0.39, 0.29) is 47.7 Å². The average molecular weight is 463 g/mol. The quantitative estimate of drug-likeness (QED) is 0.233. The number of imide groups is 1. The standard InChI is InChI=1S/C23H17N3O8/c27-17-10-9-16-18(25-20(28)14-3-1-2-4-15(14)21(25)29)22(30)24(16)19(17)23(31)34-11-12-5-7-13(8-6-12)26(32)33/h1-8,16,18,27H,9-11H2/t16-,18+/m1/s1. The van der Waals surface area contributed by atoms with E-state index >= 15 is 0 Å². The molecule has 2 aromatic rings. The van der Waals surface area contributed by atoms with Crippen LogP contribution in [0.4, 0.5) is 5.69 Å². The lowest BCUT2D eigenvalue weighted by Crippen LogP contribution is -2.72. The molecule has 2 aromatic carbocycles. The maximum atomic E-state index is 13.0. The Bertz CT molecular complexity index is 1260. The van der Waals surface area contributed by atoms with Crippen LogP contribution in [0.2, 0.25) is 0 Å². The molecule has 1 saturated heterocycles. The van der Waals surface area contributed by atoms with Gasteiger partial charge in [0.15, 0.2) is 5.70 Å². The van der Waals surface area contributed by atoms with Gasteiger partial charge < -0.3 is 9.84 Å². The number of hydrogen-bond acceptors (Lipinski definition) is 8. The number of amides is 3. The van der Waals surface area contributed by atoms with Crippen LogP contribution in [0.3, 0.4) is 0 Å². The van der Waals surface area contributed by atoms with Gasteiger partial charge in [-0.15, -0.1) is 0 Å². The zero-order valence-electron chi connectivity index (χ0n) is 17.5. The van der Waals surface area contributed by atoms with Gasteiger partial charge in [-0.3, -0.25) is 34.3 Å². The zero-order valence-corrected chi connectivity index (χ0v) is 17.5. The number of carbonyl (C=O) groups is 4. The number of esters is 1. The van der Waals surface area contributed by atoms with Gasteiger partial charge in [0.05, 0.1) is 22.1 Å². The van der Waals surface area contributed by atoms with Crippen LogP contribution >= 0.6 is 0 Å². The predicted molar refractivity (Wildman–Crippen MR) is 113 cm³/mol. The van der Waals surface area contributed by atoms with E-state index in [2.05, 4.69) is 0 Å². The summed E-state index contributed by atoms with van der Waals surface area (Å²) in [7, 11) is 0. The molecule has 5 rings (SSSR count). The summed E-state index contributed by atoms with van der Waals surface area (Å²) >= 11 is 0. The number of carbonyl (C=O) groups excluding carboxylic acids is 4. The normalized spacial score (nSPS) is 21.2. The Kier molecular flexibility index (Phi) is 4.89. The summed E-state index contributed by atoms with van der Waals surface area (Å²) in [5, 5.41) is 21.1. The number of nitrogens with zero attached hydrogens (tertiary/aromatic N) is 3. The van der Waals surface area contributed by atoms with Crippen molar-refractivity contribution in [2.45, 2.75) is 31.5 Å². The minimum absolute atomic E-state index is 0.0656. The van der Waals surface area contributed by atoms with Gasteiger partial charge in [0, 0.05) is 18.6 Å². The summed E-state index contributed by atoms with van der Waals surface area (Å²) in [6.45, 7) is -0.234. The second-order valence-electron chi connectivity index (χ2n) is 8.08. The molecule has 11 nitrogen and oxygen atoms in total. The molecular formula is C23H17N3O8. The highest BCUT2D eigenvalue weighted by molar-refractivity contribution is 6.23. The van der Waals surface area contributed by atoms with E-state index in [1.54, 1.807) is 12.1 Å². The zero-order chi connectivity index (χ0) is 24.1. The highest BCUT2D eigenvalue weighted by Crippen LogP contribution is 2.41. The van der Waals surface area contributed by atoms with Crippen molar-refractivity contribution in [3.63, 3.8) is 0 Å². The first-order valence-electron chi connectivity index (χ1n) is 10.4. The highest BCUT2D eigenvalue weighted by Gasteiger charge is 2.59. The molecule has 0 saturated carbocycles. The van der Waals surface area contributed by atoms with Crippen LogP contribution in [0, 0.1) is 10.1 Å². The third-order valence-corrected chi connectivity index (χ3v) is 6.19. The Labute approximate surface area is 192 Å². The van der Waals surface area contributed by atoms with Crippen molar-refractivity contribution in [1.82, 2.24) is 9.80 Å². The number of non-ortho nitro benzene ring substituents is 1. The molecule has 11 heteroatoms. The molecule has 1 fully saturated rings. The van der Waals surface area contributed by atoms with E-state index in [0.29, 0.717) is 5.56 Å². The van der Waals surface area contributed by atoms with Crippen molar-refractivity contribution in [2.75, 3.05) is 0 Å². The Balaban J connectivity index is 1.32. The SMILES string of the molecule is O=C(OCc1ccc([N+](=O)[O-])cc1)C1=C(O)CC[C@@H]2[C@H](N3C(=O)c4ccccc4C3=O)C(=O)N12. The lowest BCUT2D eigenvalue weighted by Gasteiger charge is -2.51. The van der Waals surface area contributed by atoms with Crippen molar-refractivity contribution < 1.29 is 33.9 Å². The molecule has 3 aliphatic rings. The number of aliphatic hydroxyl groups is 1. The molecular weight excluding hydrogens is 446 g/mol. The number of benzene rings is 2. The van der Waals surface area contributed by atoms with Crippen molar-refractivity contribution in [3.8, 4) is 0 Å². The Morgan fingerprint density at radius 1 is 1.03 bits per heavy atom. The molecule has 34 heavy (non-hydrogen) atoms. The van der Waals surface area contributed by atoms with Crippen LogP contribution in [-0.4, -0.2) is 55.6 Å². The Morgan fingerprint density at radius 2 is 1.65 bits per heavy atom. The molecule has 1 N–H and O–H groups in total. The fraction of sp³-hybridized carbons (Fsp3) is 0.217. The number of nitro benzene ring substituents is 1. The number of hydrogen-bond donors (Lipinski definition) is 1. The molecule has 2 atom stereocenters. The van der Waals surface area contributed by atoms with E-state index in [9.17, 15) is 34.4 Å². The first-order chi connectivity index (χ1) is 16.3. The smallest absolute Gasteiger partial charge is 0.358 e. The molecule has 3 aliphatic heterocycles. The van der Waals surface area contributed by atoms with Crippen LogP contribution in [0.5, 0.6) is 0 Å². The summed E-state index contributed by atoms with van der Waals surface area (Å²) in [5.74, 6) is -3.07. The topological polar surface area (TPSA) is 147 Å². The number of aliphatic hydroxyl groups excluding tert-OH is 1. The molecule has 0 radical (unpaired) electrons. The molecule has 0 aliphatic carbocycles. The van der Waals surface area contributed by atoms with Crippen molar-refractivity contribution >= 4 is 29.4 Å². The summed E-state index contributed by atoms with van der Waals surface area (Å²) in [6.07, 6.45) is 0.324. The highest BCUT2D eigenvalue weighted by atomic mass is 16.6. The van der Waals surface area contributed by atoms with Crippen LogP contribution < -0.4 is 0 Å². The number of β-lactam (4-membered cyclic amide) rings is 1. The van der Waals surface area contributed by atoms with Crippen LogP contribution in [-0.2, 0) is 20.9 Å². The number of allylic oxidation sites excluding steroid dienone is 1. The maximum absolute atomic E-state index is 13.0. The molecule has 3 heterocycles. The van der Waals surface area contributed by atoms with Crippen molar-refractivity contribution in [2.24, 2.45) is 0 Å². The monoisotopic (exact) mass is 463 g/mol. The van der Waals surface area contributed by atoms with Gasteiger partial charge in [-0.05, 0) is 36.2 Å². The third kappa shape index (κ3) is 3.12. The summed E-state index contributed by atoms with van der Waals surface area (Å²) in [5.41, 5.74) is 0.476. The molecule has 3 amide bonds. The van der Waals surface area contributed by atoms with Gasteiger partial charge in [0.2, 0.25) is 0 Å². The van der Waals surface area contributed by atoms with Crippen LogP contribution in [0.25, 0.3) is 0 Å². The molecule has 0 spiro atoms. The fourth-order valence-corrected chi connectivity index (χ4v) is 4.52. The largest absolute Gasteiger partial charge is 0.510 e. The summed E-state index contributed by atoms with van der Waals surface area (Å²) in [4.78, 5) is 63.6. The van der Waals surface area contributed by atoms with Gasteiger partial charge in [-0.25, -0.2) is 4.79 Å². The van der Waals surface area contributed by atoms with Gasteiger partial charge in [-0.2, -0.15) is 0 Å². The molecule has 0 aromatic heterocycles. The van der Waals surface area contributed by atoms with E-state index in [4.69, 9.17) is 4.74 Å². The first-order valence-corrected chi connectivity index (χ1v) is 10.4. The van der Waals surface area contributed by atoms with Crippen molar-refractivity contribution in [3.05, 3.63) is 86.8 Å². The second kappa shape index (κ2) is 7.80. The van der Waals surface area contributed by atoms with E-state index in [1.165, 1.54) is 36.4 Å². The maximum Gasteiger partial charge on any atom is 0.358 e. The lowest BCUT2D eigenvalue weighted by atomic mass is 9.85. The van der Waals surface area contributed by atoms with Gasteiger partial charge in [-0.1, -0.05) is 12.1 Å². The average Bonchev–Trinajstić information content (AvgIpc) is 3.08. The number of rotatable bonds is 5. The minimum Gasteiger partial charge on any atom is -0.510 e. The third-order valence-electron chi connectivity index (χ3n) is 6.19. The Hall–Kier alpha value is -4.54. The summed E-state index contributed by atoms with van der Waals surface area (Å²) in [6, 6.07) is 9.95. The van der Waals surface area contributed by atoms with Gasteiger partial charge >= 0.3 is 5.97 Å². The van der Waals surface area contributed by atoms with Crippen LogP contribution in [0.1, 0.15) is 39.1 Å². The van der Waals surface area contributed by atoms with Gasteiger partial charge in [0.1, 0.15) is 18.4 Å². The first kappa shape index (κ1) is 21.3. The number of ether oxygens (including phenoxy) is 1. The Morgan fingerprint density at radius 3 is 2.24 bits per heavy atom. The molecule has 0 bridgehead atoms. The van der Waals surface area contributed by atoms with E-state index in [0.717, 1.165) is 9.80 Å². The fourth-order valence-electron chi connectivity index (χ4n) is 4.52. The number of fused-ring (bicyclic) bond motifs is 2. The van der Waals surface area contributed by atoms with Gasteiger partial charge in [0.25, 0.3) is 23.4 Å². The van der Waals surface area contributed by atoms with E-state index in [1.807, 2.05) is 0 Å². The number of nitro groups is 1. The molecule has 172 valence electrons. The second-order valence-corrected chi connectivity index (χ2v) is 8.08. The van der Waals surface area contributed by atoms with Crippen LogP contribution in [0.15, 0.2) is 60.0 Å². The minimum atomic E-state index is -1.07. The van der Waals surface area contributed by atoms with Crippen molar-refractivity contribution in [1.29, 1.82) is 0 Å². The summed E-state index contributed by atoms with van der Waals surface area (Å²) < 4.78 is 5.22. The molecule has 0 unspecified atom stereocenters. The van der Waals surface area contributed by atoms with E-state index < -0.39 is 40.7 Å².